The van der Waals surface area contributed by atoms with Crippen molar-refractivity contribution in [2.75, 3.05) is 26.2 Å². The van der Waals surface area contributed by atoms with Crippen molar-refractivity contribution in [1.82, 2.24) is 10.2 Å². The number of hydrogen-bond donors (Lipinski definition) is 1. The van der Waals surface area contributed by atoms with Gasteiger partial charge in [0.15, 0.2) is 0 Å². The van der Waals surface area contributed by atoms with E-state index < -0.39 is 29.5 Å². The molecule has 0 radical (unpaired) electrons. The fraction of sp³-hybridized carbons (Fsp3) is 0.529. The first-order valence-electron chi connectivity index (χ1n) is 7.98. The Morgan fingerprint density at radius 2 is 1.52 bits per heavy atom. The molecule has 1 aliphatic rings. The molecular weight excluding hydrogens is 346 g/mol. The molecule has 8 heteroatoms. The summed E-state index contributed by atoms with van der Waals surface area (Å²) < 4.78 is 78.5. The predicted octanol–water partition coefficient (Wildman–Crippen LogP) is 4.64. The summed E-state index contributed by atoms with van der Waals surface area (Å²) in [4.78, 5) is 1.93. The number of allylic oxidation sites excluding steroid dienone is 1. The summed E-state index contributed by atoms with van der Waals surface area (Å²) >= 11 is 0. The Morgan fingerprint density at radius 1 is 1.00 bits per heavy atom. The molecule has 1 aromatic rings. The lowest BCUT2D eigenvalue weighted by Gasteiger charge is -2.35. The fourth-order valence-corrected chi connectivity index (χ4v) is 3.00. The van der Waals surface area contributed by atoms with Crippen molar-refractivity contribution in [3.63, 3.8) is 0 Å². The molecule has 0 spiro atoms. The maximum absolute atomic E-state index is 13.1. The second-order valence-corrected chi connectivity index (χ2v) is 6.01. The van der Waals surface area contributed by atoms with E-state index in [4.69, 9.17) is 0 Å². The average molecular weight is 366 g/mol. The molecule has 0 aliphatic carbocycles. The Balaban J connectivity index is 2.48. The number of halogens is 6. The Hall–Kier alpha value is -1.54. The van der Waals surface area contributed by atoms with Crippen molar-refractivity contribution in [3.05, 3.63) is 47.5 Å². The topological polar surface area (TPSA) is 15.3 Å². The van der Waals surface area contributed by atoms with Crippen molar-refractivity contribution >= 4 is 0 Å². The highest BCUT2D eigenvalue weighted by Crippen LogP contribution is 2.39. The number of nitrogens with one attached hydrogen (secondary N) is 1. The minimum absolute atomic E-state index is 0.0471. The first kappa shape index (κ1) is 19.8. The van der Waals surface area contributed by atoms with Crippen LogP contribution < -0.4 is 5.32 Å². The Morgan fingerprint density at radius 3 is 1.96 bits per heavy atom. The van der Waals surface area contributed by atoms with Crippen LogP contribution >= 0.6 is 0 Å². The van der Waals surface area contributed by atoms with Crippen LogP contribution in [0, 0.1) is 0 Å². The van der Waals surface area contributed by atoms with Crippen LogP contribution in [0.25, 0.3) is 0 Å². The Bertz CT molecular complexity index is 556. The van der Waals surface area contributed by atoms with E-state index in [9.17, 15) is 26.3 Å². The number of benzene rings is 1. The summed E-state index contributed by atoms with van der Waals surface area (Å²) in [5.41, 5.74) is -2.49. The molecular formula is C17H20F6N2. The summed E-state index contributed by atoms with van der Waals surface area (Å²) in [6.07, 6.45) is -7.12. The zero-order valence-electron chi connectivity index (χ0n) is 13.6. The van der Waals surface area contributed by atoms with Gasteiger partial charge in [0.2, 0.25) is 0 Å². The zero-order valence-corrected chi connectivity index (χ0v) is 13.6. The molecule has 0 saturated carbocycles. The van der Waals surface area contributed by atoms with Crippen LogP contribution in [0.5, 0.6) is 0 Å². The minimum atomic E-state index is -4.83. The van der Waals surface area contributed by atoms with E-state index in [2.05, 4.69) is 11.9 Å². The molecule has 1 heterocycles. The van der Waals surface area contributed by atoms with Gasteiger partial charge in [0.25, 0.3) is 0 Å². The Kier molecular flexibility index (Phi) is 6.16. The summed E-state index contributed by atoms with van der Waals surface area (Å²) in [5, 5.41) is 3.13. The standard InChI is InChI=1S/C17H20F6N2/c1-2-3-4-15(25-7-5-24-6-8-25)12-9-13(16(18,19)20)11-14(10-12)17(21,22)23/h2,9-11,15,24H,1,3-8H2/t15-/m0/s1. The van der Waals surface area contributed by atoms with Crippen LogP contribution in [-0.4, -0.2) is 31.1 Å². The highest BCUT2D eigenvalue weighted by Gasteiger charge is 2.38. The molecule has 1 fully saturated rings. The van der Waals surface area contributed by atoms with Crippen LogP contribution in [0.15, 0.2) is 30.9 Å². The van der Waals surface area contributed by atoms with Gasteiger partial charge in [-0.15, -0.1) is 6.58 Å². The second-order valence-electron chi connectivity index (χ2n) is 6.01. The maximum Gasteiger partial charge on any atom is 0.416 e. The molecule has 0 amide bonds. The van der Waals surface area contributed by atoms with Crippen molar-refractivity contribution in [2.24, 2.45) is 0 Å². The molecule has 1 saturated heterocycles. The van der Waals surface area contributed by atoms with Gasteiger partial charge in [-0.3, -0.25) is 4.90 Å². The van der Waals surface area contributed by atoms with Crippen LogP contribution in [-0.2, 0) is 12.4 Å². The van der Waals surface area contributed by atoms with Gasteiger partial charge in [0.05, 0.1) is 11.1 Å². The van der Waals surface area contributed by atoms with Crippen molar-refractivity contribution in [3.8, 4) is 0 Å². The van der Waals surface area contributed by atoms with E-state index in [1.165, 1.54) is 0 Å². The lowest BCUT2D eigenvalue weighted by molar-refractivity contribution is -0.143. The van der Waals surface area contributed by atoms with Crippen LogP contribution in [0.1, 0.15) is 35.6 Å². The third-order valence-corrected chi connectivity index (χ3v) is 4.23. The molecule has 0 aromatic heterocycles. The number of rotatable bonds is 5. The lowest BCUT2D eigenvalue weighted by Crippen LogP contribution is -2.45. The van der Waals surface area contributed by atoms with Crippen LogP contribution in [0.3, 0.4) is 0 Å². The molecule has 25 heavy (non-hydrogen) atoms. The molecule has 2 rings (SSSR count). The molecule has 1 atom stereocenters. The number of nitrogens with zero attached hydrogens (tertiary/aromatic N) is 1. The first-order valence-corrected chi connectivity index (χ1v) is 7.98. The van der Waals surface area contributed by atoms with Gasteiger partial charge in [0, 0.05) is 32.2 Å². The summed E-state index contributed by atoms with van der Waals surface area (Å²) in [5.74, 6) is 0. The highest BCUT2D eigenvalue weighted by molar-refractivity contribution is 5.35. The van der Waals surface area contributed by atoms with E-state index in [0.29, 0.717) is 39.0 Å². The molecule has 2 nitrogen and oxygen atoms in total. The number of hydrogen-bond acceptors (Lipinski definition) is 2. The Labute approximate surface area is 142 Å². The SMILES string of the molecule is C=CCC[C@@H](c1cc(C(F)(F)F)cc(C(F)(F)F)c1)N1CCNCC1. The van der Waals surface area contributed by atoms with Crippen molar-refractivity contribution in [2.45, 2.75) is 31.2 Å². The maximum atomic E-state index is 13.1. The molecule has 0 unspecified atom stereocenters. The van der Waals surface area contributed by atoms with Gasteiger partial charge >= 0.3 is 12.4 Å². The van der Waals surface area contributed by atoms with Crippen LogP contribution in [0.2, 0.25) is 0 Å². The molecule has 140 valence electrons. The quantitative estimate of drug-likeness (QED) is 0.603. The molecule has 0 bridgehead atoms. The molecule has 1 aromatic carbocycles. The van der Waals surface area contributed by atoms with E-state index in [0.717, 1.165) is 12.1 Å². The van der Waals surface area contributed by atoms with Gasteiger partial charge in [-0.25, -0.2) is 0 Å². The molecule has 1 N–H and O–H groups in total. The third-order valence-electron chi connectivity index (χ3n) is 4.23. The first-order chi connectivity index (χ1) is 11.6. The lowest BCUT2D eigenvalue weighted by atomic mass is 9.95. The smallest absolute Gasteiger partial charge is 0.314 e. The zero-order chi connectivity index (χ0) is 18.7. The predicted molar refractivity (Wildman–Crippen MR) is 83.1 cm³/mol. The average Bonchev–Trinajstić information content (AvgIpc) is 2.54. The van der Waals surface area contributed by atoms with Crippen molar-refractivity contribution in [1.29, 1.82) is 0 Å². The second kappa shape index (κ2) is 7.78. The number of alkyl halides is 6. The van der Waals surface area contributed by atoms with Gasteiger partial charge < -0.3 is 5.32 Å². The van der Waals surface area contributed by atoms with Gasteiger partial charge in [-0.05, 0) is 36.6 Å². The van der Waals surface area contributed by atoms with Gasteiger partial charge in [0.1, 0.15) is 0 Å². The summed E-state index contributed by atoms with van der Waals surface area (Å²) in [6, 6.07) is 1.34. The van der Waals surface area contributed by atoms with Gasteiger partial charge in [-0.2, -0.15) is 26.3 Å². The summed E-state index contributed by atoms with van der Waals surface area (Å²) in [7, 11) is 0. The minimum Gasteiger partial charge on any atom is -0.314 e. The van der Waals surface area contributed by atoms with E-state index in [1.807, 2.05) is 4.90 Å². The van der Waals surface area contributed by atoms with E-state index in [1.54, 1.807) is 6.08 Å². The largest absolute Gasteiger partial charge is 0.416 e. The monoisotopic (exact) mass is 366 g/mol. The highest BCUT2D eigenvalue weighted by atomic mass is 19.4. The van der Waals surface area contributed by atoms with Crippen molar-refractivity contribution < 1.29 is 26.3 Å². The fourth-order valence-electron chi connectivity index (χ4n) is 3.00. The summed E-state index contributed by atoms with van der Waals surface area (Å²) in [6.45, 7) is 6.03. The van der Waals surface area contributed by atoms with E-state index >= 15 is 0 Å². The normalized spacial score (nSPS) is 18.2. The third kappa shape index (κ3) is 5.22. The molecule has 1 aliphatic heterocycles. The van der Waals surface area contributed by atoms with E-state index in [-0.39, 0.29) is 11.6 Å². The van der Waals surface area contributed by atoms with Gasteiger partial charge in [-0.1, -0.05) is 6.08 Å². The number of piperazine rings is 1. The van der Waals surface area contributed by atoms with Crippen LogP contribution in [0.4, 0.5) is 26.3 Å².